The molecular formula is C19H32N2O. The Morgan fingerprint density at radius 2 is 1.95 bits per heavy atom. The number of ether oxygens (including phenoxy) is 1. The van der Waals surface area contributed by atoms with E-state index in [1.54, 1.807) is 7.11 Å². The standard InChI is InChI=1S/C19H32N2O/c1-15(2)17-6-7-18(19(14-17)22-3)16-8-12-21(13-9-16)11-5-4-10-20/h6-7,14-16H,4-5,8-13,20H2,1-3H3. The van der Waals surface area contributed by atoms with Crippen molar-refractivity contribution in [1.82, 2.24) is 4.90 Å². The Morgan fingerprint density at radius 1 is 1.23 bits per heavy atom. The highest BCUT2D eigenvalue weighted by atomic mass is 16.5. The number of piperidine rings is 1. The highest BCUT2D eigenvalue weighted by Gasteiger charge is 2.23. The fourth-order valence-electron chi connectivity index (χ4n) is 3.37. The molecule has 0 bridgehead atoms. The van der Waals surface area contributed by atoms with Crippen molar-refractivity contribution in [3.05, 3.63) is 29.3 Å². The summed E-state index contributed by atoms with van der Waals surface area (Å²) < 4.78 is 5.67. The molecule has 22 heavy (non-hydrogen) atoms. The third kappa shape index (κ3) is 4.47. The van der Waals surface area contributed by atoms with Crippen LogP contribution in [0.15, 0.2) is 18.2 Å². The zero-order chi connectivity index (χ0) is 15.9. The van der Waals surface area contributed by atoms with Gasteiger partial charge in [-0.1, -0.05) is 26.0 Å². The highest BCUT2D eigenvalue weighted by Crippen LogP contribution is 2.36. The number of unbranched alkanes of at least 4 members (excludes halogenated alkanes) is 1. The minimum Gasteiger partial charge on any atom is -0.496 e. The van der Waals surface area contributed by atoms with Gasteiger partial charge in [0, 0.05) is 0 Å². The van der Waals surface area contributed by atoms with Gasteiger partial charge >= 0.3 is 0 Å². The minimum atomic E-state index is 0.548. The first-order chi connectivity index (χ1) is 10.7. The molecule has 0 atom stereocenters. The fourth-order valence-corrected chi connectivity index (χ4v) is 3.37. The third-order valence-corrected chi connectivity index (χ3v) is 4.88. The fraction of sp³-hybridized carbons (Fsp3) is 0.684. The Labute approximate surface area is 135 Å². The number of nitrogens with zero attached hydrogens (tertiary/aromatic N) is 1. The van der Waals surface area contributed by atoms with Crippen molar-refractivity contribution in [2.24, 2.45) is 5.73 Å². The zero-order valence-corrected chi connectivity index (χ0v) is 14.5. The molecule has 1 fully saturated rings. The molecule has 3 heteroatoms. The Hall–Kier alpha value is -1.06. The van der Waals surface area contributed by atoms with Crippen LogP contribution in [0.5, 0.6) is 5.75 Å². The molecule has 0 unspecified atom stereocenters. The molecule has 1 aliphatic heterocycles. The van der Waals surface area contributed by atoms with Crippen molar-refractivity contribution in [2.75, 3.05) is 33.3 Å². The van der Waals surface area contributed by atoms with Gasteiger partial charge in [-0.15, -0.1) is 0 Å². The summed E-state index contributed by atoms with van der Waals surface area (Å²) in [7, 11) is 1.80. The minimum absolute atomic E-state index is 0.548. The molecule has 1 aromatic carbocycles. The van der Waals surface area contributed by atoms with Crippen LogP contribution in [0.2, 0.25) is 0 Å². The number of likely N-dealkylation sites (tertiary alicyclic amines) is 1. The summed E-state index contributed by atoms with van der Waals surface area (Å²) in [6.45, 7) is 8.88. The van der Waals surface area contributed by atoms with E-state index in [0.717, 1.165) is 18.7 Å². The summed E-state index contributed by atoms with van der Waals surface area (Å²) in [5, 5.41) is 0. The van der Waals surface area contributed by atoms with Crippen LogP contribution in [0, 0.1) is 0 Å². The molecule has 0 aliphatic carbocycles. The molecule has 3 nitrogen and oxygen atoms in total. The van der Waals surface area contributed by atoms with Gasteiger partial charge in [0.2, 0.25) is 0 Å². The number of benzene rings is 1. The van der Waals surface area contributed by atoms with Crippen molar-refractivity contribution >= 4 is 0 Å². The molecule has 0 amide bonds. The van der Waals surface area contributed by atoms with Gasteiger partial charge in [-0.2, -0.15) is 0 Å². The molecule has 0 radical (unpaired) electrons. The molecule has 124 valence electrons. The Balaban J connectivity index is 1.96. The second-order valence-corrected chi connectivity index (χ2v) is 6.77. The molecule has 0 spiro atoms. The van der Waals surface area contributed by atoms with E-state index in [1.807, 2.05) is 0 Å². The van der Waals surface area contributed by atoms with Crippen molar-refractivity contribution < 1.29 is 4.74 Å². The number of hydrogen-bond donors (Lipinski definition) is 1. The number of hydrogen-bond acceptors (Lipinski definition) is 3. The van der Waals surface area contributed by atoms with Gasteiger partial charge in [-0.05, 0) is 80.9 Å². The van der Waals surface area contributed by atoms with E-state index < -0.39 is 0 Å². The maximum absolute atomic E-state index is 5.67. The van der Waals surface area contributed by atoms with Crippen molar-refractivity contribution in [3.8, 4) is 5.75 Å². The van der Waals surface area contributed by atoms with Gasteiger partial charge in [-0.3, -0.25) is 0 Å². The number of rotatable bonds is 7. The first kappa shape index (κ1) is 17.3. The molecule has 2 rings (SSSR count). The Morgan fingerprint density at radius 3 is 2.55 bits per heavy atom. The summed E-state index contributed by atoms with van der Waals surface area (Å²) in [6.07, 6.45) is 4.85. The van der Waals surface area contributed by atoms with Crippen molar-refractivity contribution in [2.45, 2.75) is 51.4 Å². The summed E-state index contributed by atoms with van der Waals surface area (Å²) >= 11 is 0. The van der Waals surface area contributed by atoms with E-state index in [-0.39, 0.29) is 0 Å². The van der Waals surface area contributed by atoms with Crippen LogP contribution in [0.25, 0.3) is 0 Å². The lowest BCUT2D eigenvalue weighted by Gasteiger charge is -2.33. The van der Waals surface area contributed by atoms with Crippen LogP contribution < -0.4 is 10.5 Å². The molecule has 2 N–H and O–H groups in total. The second-order valence-electron chi connectivity index (χ2n) is 6.77. The molecule has 0 aromatic heterocycles. The summed E-state index contributed by atoms with van der Waals surface area (Å²) in [6, 6.07) is 6.80. The smallest absolute Gasteiger partial charge is 0.122 e. The van der Waals surface area contributed by atoms with E-state index in [0.29, 0.717) is 11.8 Å². The SMILES string of the molecule is COc1cc(C(C)C)ccc1C1CCN(CCCCN)CC1. The van der Waals surface area contributed by atoms with Crippen LogP contribution in [0.4, 0.5) is 0 Å². The number of methoxy groups -OCH3 is 1. The van der Waals surface area contributed by atoms with Gasteiger partial charge in [-0.25, -0.2) is 0 Å². The lowest BCUT2D eigenvalue weighted by molar-refractivity contribution is 0.207. The predicted octanol–water partition coefficient (Wildman–Crippen LogP) is 3.74. The van der Waals surface area contributed by atoms with Gasteiger partial charge in [0.05, 0.1) is 7.11 Å². The predicted molar refractivity (Wildman–Crippen MR) is 93.8 cm³/mol. The van der Waals surface area contributed by atoms with Crippen LogP contribution in [0.3, 0.4) is 0 Å². The largest absolute Gasteiger partial charge is 0.496 e. The van der Waals surface area contributed by atoms with Crippen molar-refractivity contribution in [3.63, 3.8) is 0 Å². The zero-order valence-electron chi connectivity index (χ0n) is 14.5. The summed E-state index contributed by atoms with van der Waals surface area (Å²) in [5.74, 6) is 2.27. The molecule has 1 saturated heterocycles. The Kier molecular flexibility index (Phi) is 6.71. The van der Waals surface area contributed by atoms with Crippen LogP contribution in [0.1, 0.15) is 62.5 Å². The highest BCUT2D eigenvalue weighted by molar-refractivity contribution is 5.41. The average Bonchev–Trinajstić information content (AvgIpc) is 2.55. The Bertz CT molecular complexity index is 451. The van der Waals surface area contributed by atoms with Crippen LogP contribution >= 0.6 is 0 Å². The first-order valence-corrected chi connectivity index (χ1v) is 8.76. The molecule has 1 aromatic rings. The second kappa shape index (κ2) is 8.54. The maximum atomic E-state index is 5.67. The molecule has 1 heterocycles. The van der Waals surface area contributed by atoms with E-state index in [9.17, 15) is 0 Å². The van der Waals surface area contributed by atoms with E-state index in [1.165, 1.54) is 50.0 Å². The van der Waals surface area contributed by atoms with Gasteiger partial charge < -0.3 is 15.4 Å². The van der Waals surface area contributed by atoms with Gasteiger partial charge in [0.15, 0.2) is 0 Å². The third-order valence-electron chi connectivity index (χ3n) is 4.88. The first-order valence-electron chi connectivity index (χ1n) is 8.76. The lowest BCUT2D eigenvalue weighted by atomic mass is 9.87. The molecule has 1 aliphatic rings. The lowest BCUT2D eigenvalue weighted by Crippen LogP contribution is -2.34. The van der Waals surface area contributed by atoms with E-state index >= 15 is 0 Å². The summed E-state index contributed by atoms with van der Waals surface area (Å²) in [4.78, 5) is 2.58. The van der Waals surface area contributed by atoms with Crippen LogP contribution in [-0.4, -0.2) is 38.2 Å². The van der Waals surface area contributed by atoms with E-state index in [4.69, 9.17) is 10.5 Å². The molecule has 0 saturated carbocycles. The summed E-state index contributed by atoms with van der Waals surface area (Å²) in [5.41, 5.74) is 8.33. The average molecular weight is 304 g/mol. The van der Waals surface area contributed by atoms with Crippen LogP contribution in [-0.2, 0) is 0 Å². The quantitative estimate of drug-likeness (QED) is 0.780. The van der Waals surface area contributed by atoms with E-state index in [2.05, 4.69) is 36.9 Å². The molecular weight excluding hydrogens is 272 g/mol. The van der Waals surface area contributed by atoms with Gasteiger partial charge in [0.1, 0.15) is 5.75 Å². The maximum Gasteiger partial charge on any atom is 0.122 e. The van der Waals surface area contributed by atoms with Gasteiger partial charge in [0.25, 0.3) is 0 Å². The number of nitrogens with two attached hydrogens (primary N) is 1. The van der Waals surface area contributed by atoms with Crippen molar-refractivity contribution in [1.29, 1.82) is 0 Å². The monoisotopic (exact) mass is 304 g/mol. The normalized spacial score (nSPS) is 17.1. The topological polar surface area (TPSA) is 38.5 Å².